The van der Waals surface area contributed by atoms with E-state index in [-0.39, 0.29) is 5.91 Å². The number of carbonyl (C=O) groups is 1. The van der Waals surface area contributed by atoms with E-state index in [1.54, 1.807) is 12.1 Å². The number of hydroxylamine groups is 1. The summed E-state index contributed by atoms with van der Waals surface area (Å²) in [5.41, 5.74) is 3.86. The topological polar surface area (TPSA) is 38.3 Å². The Hall–Kier alpha value is -0.870. The number of benzene rings is 1. The van der Waals surface area contributed by atoms with E-state index in [2.05, 4.69) is 26.2 Å². The van der Waals surface area contributed by atoms with Crippen LogP contribution in [0.3, 0.4) is 0 Å². The van der Waals surface area contributed by atoms with Crippen LogP contribution in [0.1, 0.15) is 15.9 Å². The zero-order valence-corrected chi connectivity index (χ0v) is 9.01. The minimum absolute atomic E-state index is 0.238. The van der Waals surface area contributed by atoms with E-state index in [0.717, 1.165) is 10.0 Å². The molecule has 4 heteroatoms. The SMILES string of the molecule is CONC(=O)c1ccc(Br)c(C)c1. The first-order chi connectivity index (χ1) is 6.15. The lowest BCUT2D eigenvalue weighted by Crippen LogP contribution is -2.21. The first-order valence-corrected chi connectivity index (χ1v) is 4.54. The Morgan fingerprint density at radius 3 is 2.77 bits per heavy atom. The molecule has 1 aromatic rings. The minimum atomic E-state index is -0.238. The van der Waals surface area contributed by atoms with Crippen molar-refractivity contribution in [2.45, 2.75) is 6.92 Å². The third-order valence-corrected chi connectivity index (χ3v) is 2.50. The van der Waals surface area contributed by atoms with Crippen molar-refractivity contribution < 1.29 is 9.63 Å². The van der Waals surface area contributed by atoms with Gasteiger partial charge in [-0.2, -0.15) is 0 Å². The van der Waals surface area contributed by atoms with Crippen molar-refractivity contribution in [1.29, 1.82) is 0 Å². The van der Waals surface area contributed by atoms with Crippen molar-refractivity contribution in [3.8, 4) is 0 Å². The summed E-state index contributed by atoms with van der Waals surface area (Å²) in [4.78, 5) is 15.8. The highest BCUT2D eigenvalue weighted by molar-refractivity contribution is 9.10. The standard InChI is InChI=1S/C9H10BrNO2/c1-6-5-7(3-4-8(6)10)9(12)11-13-2/h3-5H,1-2H3,(H,11,12). The second-order valence-corrected chi connectivity index (χ2v) is 3.45. The number of hydrogen-bond donors (Lipinski definition) is 1. The minimum Gasteiger partial charge on any atom is -0.277 e. The monoisotopic (exact) mass is 243 g/mol. The molecule has 1 amide bonds. The van der Waals surface area contributed by atoms with Crippen LogP contribution < -0.4 is 5.48 Å². The van der Waals surface area contributed by atoms with Crippen molar-refractivity contribution in [2.75, 3.05) is 7.11 Å². The second kappa shape index (κ2) is 4.39. The lowest BCUT2D eigenvalue weighted by molar-refractivity contribution is 0.0537. The van der Waals surface area contributed by atoms with Crippen LogP contribution >= 0.6 is 15.9 Å². The molecule has 0 saturated carbocycles. The van der Waals surface area contributed by atoms with Crippen LogP contribution in [0, 0.1) is 6.92 Å². The molecule has 1 rings (SSSR count). The zero-order chi connectivity index (χ0) is 9.84. The van der Waals surface area contributed by atoms with E-state index >= 15 is 0 Å². The Kier molecular flexibility index (Phi) is 3.45. The molecule has 0 fully saturated rings. The summed E-state index contributed by atoms with van der Waals surface area (Å²) in [5.74, 6) is -0.238. The molecule has 0 saturated heterocycles. The van der Waals surface area contributed by atoms with Crippen molar-refractivity contribution in [2.24, 2.45) is 0 Å². The molecule has 0 aromatic heterocycles. The molecule has 0 aliphatic rings. The zero-order valence-electron chi connectivity index (χ0n) is 7.43. The molecule has 70 valence electrons. The molecule has 3 nitrogen and oxygen atoms in total. The first-order valence-electron chi connectivity index (χ1n) is 3.74. The van der Waals surface area contributed by atoms with Gasteiger partial charge < -0.3 is 0 Å². The Balaban J connectivity index is 2.90. The lowest BCUT2D eigenvalue weighted by Gasteiger charge is -2.03. The molecule has 1 N–H and O–H groups in total. The van der Waals surface area contributed by atoms with Crippen LogP contribution in [0.2, 0.25) is 0 Å². The highest BCUT2D eigenvalue weighted by Crippen LogP contribution is 2.16. The summed E-state index contributed by atoms with van der Waals surface area (Å²) in [6.45, 7) is 1.92. The lowest BCUT2D eigenvalue weighted by atomic mass is 10.1. The molecule has 0 heterocycles. The fourth-order valence-electron chi connectivity index (χ4n) is 0.938. The van der Waals surface area contributed by atoms with E-state index in [1.165, 1.54) is 7.11 Å². The Bertz CT molecular complexity index is 325. The van der Waals surface area contributed by atoms with Gasteiger partial charge in [0.2, 0.25) is 0 Å². The fraction of sp³-hybridized carbons (Fsp3) is 0.222. The quantitative estimate of drug-likeness (QED) is 0.808. The average molecular weight is 244 g/mol. The Morgan fingerprint density at radius 1 is 1.54 bits per heavy atom. The number of hydrogen-bond acceptors (Lipinski definition) is 2. The highest BCUT2D eigenvalue weighted by atomic mass is 79.9. The molecular formula is C9H10BrNO2. The van der Waals surface area contributed by atoms with Crippen molar-refractivity contribution in [3.05, 3.63) is 33.8 Å². The van der Waals surface area contributed by atoms with Gasteiger partial charge in [0.05, 0.1) is 7.11 Å². The van der Waals surface area contributed by atoms with E-state index in [0.29, 0.717) is 5.56 Å². The summed E-state index contributed by atoms with van der Waals surface area (Å²) in [6, 6.07) is 5.35. The van der Waals surface area contributed by atoms with Gasteiger partial charge >= 0.3 is 0 Å². The van der Waals surface area contributed by atoms with E-state index < -0.39 is 0 Å². The smallest absolute Gasteiger partial charge is 0.274 e. The third-order valence-electron chi connectivity index (χ3n) is 1.61. The van der Waals surface area contributed by atoms with Crippen LogP contribution in [0.4, 0.5) is 0 Å². The molecule has 0 atom stereocenters. The van der Waals surface area contributed by atoms with Crippen molar-refractivity contribution in [1.82, 2.24) is 5.48 Å². The predicted molar refractivity (Wildman–Crippen MR) is 53.4 cm³/mol. The number of halogens is 1. The predicted octanol–water partition coefficient (Wildman–Crippen LogP) is 2.05. The Labute approximate surface area is 85.2 Å². The van der Waals surface area contributed by atoms with Crippen LogP contribution in [0.15, 0.2) is 22.7 Å². The van der Waals surface area contributed by atoms with Gasteiger partial charge in [-0.05, 0) is 30.7 Å². The fourth-order valence-corrected chi connectivity index (χ4v) is 1.18. The normalized spacial score (nSPS) is 9.77. The highest BCUT2D eigenvalue weighted by Gasteiger charge is 2.05. The molecule has 0 unspecified atom stereocenters. The van der Waals surface area contributed by atoms with Gasteiger partial charge in [-0.1, -0.05) is 15.9 Å². The summed E-state index contributed by atoms with van der Waals surface area (Å²) in [6.07, 6.45) is 0. The summed E-state index contributed by atoms with van der Waals surface area (Å²) >= 11 is 3.35. The van der Waals surface area contributed by atoms with Gasteiger partial charge in [0.1, 0.15) is 0 Å². The molecule has 13 heavy (non-hydrogen) atoms. The van der Waals surface area contributed by atoms with Crippen LogP contribution in [0.5, 0.6) is 0 Å². The summed E-state index contributed by atoms with van der Waals surface area (Å²) < 4.78 is 0.987. The first kappa shape index (κ1) is 10.2. The van der Waals surface area contributed by atoms with E-state index in [9.17, 15) is 4.79 Å². The number of carbonyl (C=O) groups excluding carboxylic acids is 1. The molecule has 0 bridgehead atoms. The number of nitrogens with one attached hydrogen (secondary N) is 1. The molecule has 0 aliphatic heterocycles. The van der Waals surface area contributed by atoms with Gasteiger partial charge in [0.15, 0.2) is 0 Å². The third kappa shape index (κ3) is 2.54. The summed E-state index contributed by atoms with van der Waals surface area (Å²) in [7, 11) is 1.41. The number of rotatable bonds is 2. The van der Waals surface area contributed by atoms with Gasteiger partial charge in [0, 0.05) is 10.0 Å². The average Bonchev–Trinajstić information content (AvgIpc) is 2.10. The van der Waals surface area contributed by atoms with Gasteiger partial charge in [-0.15, -0.1) is 0 Å². The summed E-state index contributed by atoms with van der Waals surface area (Å²) in [5, 5.41) is 0. The van der Waals surface area contributed by atoms with Crippen LogP contribution in [0.25, 0.3) is 0 Å². The molecule has 0 aliphatic carbocycles. The van der Waals surface area contributed by atoms with Crippen molar-refractivity contribution in [3.63, 3.8) is 0 Å². The number of aryl methyl sites for hydroxylation is 1. The van der Waals surface area contributed by atoms with Gasteiger partial charge in [-0.3, -0.25) is 9.63 Å². The van der Waals surface area contributed by atoms with Crippen molar-refractivity contribution >= 4 is 21.8 Å². The van der Waals surface area contributed by atoms with Gasteiger partial charge in [-0.25, -0.2) is 5.48 Å². The molecule has 1 aromatic carbocycles. The second-order valence-electron chi connectivity index (χ2n) is 2.60. The Morgan fingerprint density at radius 2 is 2.23 bits per heavy atom. The van der Waals surface area contributed by atoms with Gasteiger partial charge in [0.25, 0.3) is 5.91 Å². The maximum atomic E-state index is 11.3. The van der Waals surface area contributed by atoms with Crippen LogP contribution in [-0.2, 0) is 4.84 Å². The maximum absolute atomic E-state index is 11.3. The molecule has 0 spiro atoms. The molecule has 0 radical (unpaired) electrons. The van der Waals surface area contributed by atoms with Crippen LogP contribution in [-0.4, -0.2) is 13.0 Å². The maximum Gasteiger partial charge on any atom is 0.274 e. The number of amides is 1. The van der Waals surface area contributed by atoms with E-state index in [1.807, 2.05) is 13.0 Å². The van der Waals surface area contributed by atoms with E-state index in [4.69, 9.17) is 0 Å². The largest absolute Gasteiger partial charge is 0.277 e. The molecular weight excluding hydrogens is 234 g/mol.